The van der Waals surface area contributed by atoms with Crippen molar-refractivity contribution < 1.29 is 4.79 Å². The maximum Gasteiger partial charge on any atom is 0.332 e. The summed E-state index contributed by atoms with van der Waals surface area (Å²) in [6, 6.07) is 17.5. The van der Waals surface area contributed by atoms with Gasteiger partial charge in [-0.3, -0.25) is 14.2 Å². The molecule has 0 saturated carbocycles. The van der Waals surface area contributed by atoms with Gasteiger partial charge < -0.3 is 15.2 Å². The Morgan fingerprint density at radius 1 is 1.00 bits per heavy atom. The van der Waals surface area contributed by atoms with Gasteiger partial charge in [-0.2, -0.15) is 0 Å². The van der Waals surface area contributed by atoms with Crippen LogP contribution in [0.5, 0.6) is 0 Å². The molecule has 0 aliphatic heterocycles. The topological polar surface area (TPSA) is 103 Å². The van der Waals surface area contributed by atoms with Gasteiger partial charge in [-0.05, 0) is 36.8 Å². The van der Waals surface area contributed by atoms with E-state index in [1.807, 2.05) is 30.3 Å². The average Bonchev–Trinajstić information content (AvgIpc) is 3.19. The van der Waals surface area contributed by atoms with E-state index < -0.39 is 23.7 Å². The highest BCUT2D eigenvalue weighted by Gasteiger charge is 2.17. The molecular formula is C23H24N6O3. The molecule has 2 N–H and O–H groups in total. The Kier molecular flexibility index (Phi) is 5.63. The van der Waals surface area contributed by atoms with E-state index in [1.165, 1.54) is 28.1 Å². The molecule has 1 unspecified atom stereocenters. The molecule has 0 fully saturated rings. The molecule has 1 atom stereocenters. The van der Waals surface area contributed by atoms with Crippen molar-refractivity contribution in [2.75, 3.05) is 10.6 Å². The highest BCUT2D eigenvalue weighted by atomic mass is 16.2. The Morgan fingerprint density at radius 3 is 2.34 bits per heavy atom. The third kappa shape index (κ3) is 4.04. The predicted octanol–water partition coefficient (Wildman–Crippen LogP) is 2.25. The molecular weight excluding hydrogens is 408 g/mol. The summed E-state index contributed by atoms with van der Waals surface area (Å²) in [5, 5.41) is 6.14. The van der Waals surface area contributed by atoms with Gasteiger partial charge in [-0.1, -0.05) is 30.3 Å². The Hall–Kier alpha value is -4.14. The van der Waals surface area contributed by atoms with Crippen molar-refractivity contribution in [2.24, 2.45) is 14.1 Å². The van der Waals surface area contributed by atoms with Crippen molar-refractivity contribution in [1.29, 1.82) is 0 Å². The van der Waals surface area contributed by atoms with Crippen LogP contribution in [0.4, 0.5) is 11.4 Å². The van der Waals surface area contributed by atoms with Gasteiger partial charge >= 0.3 is 5.69 Å². The lowest BCUT2D eigenvalue weighted by Gasteiger charge is -2.16. The number of benzene rings is 2. The largest absolute Gasteiger partial charge is 0.379 e. The van der Waals surface area contributed by atoms with Crippen molar-refractivity contribution in [2.45, 2.75) is 19.5 Å². The van der Waals surface area contributed by atoms with Crippen LogP contribution < -0.4 is 21.9 Å². The average molecular weight is 432 g/mol. The van der Waals surface area contributed by atoms with Crippen LogP contribution in [-0.2, 0) is 25.4 Å². The number of imidazole rings is 1. The van der Waals surface area contributed by atoms with Gasteiger partial charge in [0.25, 0.3) is 5.56 Å². The molecule has 9 heteroatoms. The molecule has 0 bridgehead atoms. The number of amides is 1. The third-order valence-electron chi connectivity index (χ3n) is 5.35. The van der Waals surface area contributed by atoms with E-state index in [0.717, 1.165) is 10.3 Å². The molecule has 164 valence electrons. The number of rotatable bonds is 6. The normalized spacial score (nSPS) is 12.0. The lowest BCUT2D eigenvalue weighted by molar-refractivity contribution is -0.116. The Morgan fingerprint density at radius 2 is 1.66 bits per heavy atom. The fourth-order valence-electron chi connectivity index (χ4n) is 3.60. The van der Waals surface area contributed by atoms with Crippen molar-refractivity contribution in [1.82, 2.24) is 18.7 Å². The second-order valence-corrected chi connectivity index (χ2v) is 7.66. The summed E-state index contributed by atoms with van der Waals surface area (Å²) >= 11 is 0. The summed E-state index contributed by atoms with van der Waals surface area (Å²) in [7, 11) is 3.19. The number of carbonyl (C=O) groups excluding carboxylic acids is 1. The first-order valence-electron chi connectivity index (χ1n) is 10.2. The molecule has 0 aliphatic rings. The zero-order chi connectivity index (χ0) is 22.8. The van der Waals surface area contributed by atoms with Crippen LogP contribution in [0.15, 0.2) is 70.5 Å². The Bertz CT molecular complexity index is 1380. The second kappa shape index (κ2) is 8.54. The van der Waals surface area contributed by atoms with Gasteiger partial charge in [-0.25, -0.2) is 14.3 Å². The van der Waals surface area contributed by atoms with E-state index in [0.29, 0.717) is 5.69 Å². The minimum absolute atomic E-state index is 0.127. The van der Waals surface area contributed by atoms with E-state index in [4.69, 9.17) is 0 Å². The van der Waals surface area contributed by atoms with Crippen LogP contribution >= 0.6 is 0 Å². The van der Waals surface area contributed by atoms with Gasteiger partial charge in [0.05, 0.1) is 6.33 Å². The quantitative estimate of drug-likeness (QED) is 0.486. The fraction of sp³-hybridized carbons (Fsp3) is 0.217. The number of aryl methyl sites for hydroxylation is 2. The Balaban J connectivity index is 1.47. The van der Waals surface area contributed by atoms with Crippen molar-refractivity contribution in [3.8, 4) is 0 Å². The van der Waals surface area contributed by atoms with Crippen LogP contribution in [0.3, 0.4) is 0 Å². The SMILES string of the molecule is CC(Nc1ccc(NC(=O)Cn2c(=O)c3c(ncn3C)n(C)c2=O)cc1)c1ccccc1. The molecule has 2 aromatic heterocycles. The lowest BCUT2D eigenvalue weighted by Crippen LogP contribution is -2.42. The predicted molar refractivity (Wildman–Crippen MR) is 124 cm³/mol. The maximum absolute atomic E-state index is 12.7. The number of fused-ring (bicyclic) bond motifs is 1. The number of carbonyl (C=O) groups is 1. The number of aromatic nitrogens is 4. The van der Waals surface area contributed by atoms with Crippen LogP contribution in [0.2, 0.25) is 0 Å². The van der Waals surface area contributed by atoms with Crippen LogP contribution in [0.25, 0.3) is 11.2 Å². The second-order valence-electron chi connectivity index (χ2n) is 7.66. The van der Waals surface area contributed by atoms with Gasteiger partial charge in [0.15, 0.2) is 11.2 Å². The van der Waals surface area contributed by atoms with E-state index in [9.17, 15) is 14.4 Å². The van der Waals surface area contributed by atoms with E-state index >= 15 is 0 Å². The number of nitrogens with one attached hydrogen (secondary N) is 2. The first kappa shape index (κ1) is 21.1. The van der Waals surface area contributed by atoms with E-state index in [1.54, 1.807) is 19.2 Å². The summed E-state index contributed by atoms with van der Waals surface area (Å²) in [6.07, 6.45) is 1.46. The van der Waals surface area contributed by atoms with Gasteiger partial charge in [0, 0.05) is 31.5 Å². The number of hydrogen-bond donors (Lipinski definition) is 2. The molecule has 0 saturated heterocycles. The third-order valence-corrected chi connectivity index (χ3v) is 5.35. The molecule has 0 aliphatic carbocycles. The van der Waals surface area contributed by atoms with Gasteiger partial charge in [0.1, 0.15) is 6.54 Å². The summed E-state index contributed by atoms with van der Waals surface area (Å²) in [6.45, 7) is 1.68. The summed E-state index contributed by atoms with van der Waals surface area (Å²) < 4.78 is 3.71. The Labute approximate surface area is 183 Å². The van der Waals surface area contributed by atoms with E-state index in [-0.39, 0.29) is 17.2 Å². The fourth-order valence-corrected chi connectivity index (χ4v) is 3.60. The van der Waals surface area contributed by atoms with Crippen LogP contribution in [0.1, 0.15) is 18.5 Å². The van der Waals surface area contributed by atoms with Crippen LogP contribution in [0, 0.1) is 0 Å². The number of nitrogens with zero attached hydrogens (tertiary/aromatic N) is 4. The minimum atomic E-state index is -0.592. The van der Waals surface area contributed by atoms with Crippen molar-refractivity contribution >= 4 is 28.4 Å². The molecule has 32 heavy (non-hydrogen) atoms. The maximum atomic E-state index is 12.7. The molecule has 2 heterocycles. The molecule has 1 amide bonds. The highest BCUT2D eigenvalue weighted by Crippen LogP contribution is 2.20. The smallest absolute Gasteiger partial charge is 0.332 e. The standard InChI is InChI=1S/C23H24N6O3/c1-15(16-7-5-4-6-8-16)25-17-9-11-18(12-10-17)26-19(30)13-29-22(31)20-21(24-14-27(20)2)28(3)23(29)32/h4-12,14-15,25H,13H2,1-3H3,(H,26,30). The summed E-state index contributed by atoms with van der Waals surface area (Å²) in [4.78, 5) is 41.9. The van der Waals surface area contributed by atoms with E-state index in [2.05, 4.69) is 34.7 Å². The van der Waals surface area contributed by atoms with Crippen molar-refractivity contribution in [3.05, 3.63) is 87.3 Å². The van der Waals surface area contributed by atoms with Gasteiger partial charge in [-0.15, -0.1) is 0 Å². The summed E-state index contributed by atoms with van der Waals surface area (Å²) in [5.74, 6) is -0.468. The number of hydrogen-bond acceptors (Lipinski definition) is 5. The van der Waals surface area contributed by atoms with Crippen LogP contribution in [-0.4, -0.2) is 24.6 Å². The highest BCUT2D eigenvalue weighted by molar-refractivity contribution is 5.90. The first-order chi connectivity index (χ1) is 15.3. The number of anilines is 2. The monoisotopic (exact) mass is 432 g/mol. The molecule has 4 rings (SSSR count). The van der Waals surface area contributed by atoms with Gasteiger partial charge in [0.2, 0.25) is 5.91 Å². The lowest BCUT2D eigenvalue weighted by atomic mass is 10.1. The zero-order valence-corrected chi connectivity index (χ0v) is 18.1. The molecule has 4 aromatic rings. The molecule has 0 spiro atoms. The summed E-state index contributed by atoms with van der Waals surface area (Å²) in [5.41, 5.74) is 2.06. The molecule has 9 nitrogen and oxygen atoms in total. The van der Waals surface area contributed by atoms with Crippen molar-refractivity contribution in [3.63, 3.8) is 0 Å². The zero-order valence-electron chi connectivity index (χ0n) is 18.1. The minimum Gasteiger partial charge on any atom is -0.379 e. The molecule has 2 aromatic carbocycles. The first-order valence-corrected chi connectivity index (χ1v) is 10.2. The molecule has 0 radical (unpaired) electrons.